The summed E-state index contributed by atoms with van der Waals surface area (Å²) in [5.41, 5.74) is 7.38. The van der Waals surface area contributed by atoms with E-state index in [2.05, 4.69) is 0 Å². The number of hydrogen-bond acceptors (Lipinski definition) is 3. The van der Waals surface area contributed by atoms with E-state index in [0.717, 1.165) is 16.1 Å². The van der Waals surface area contributed by atoms with Gasteiger partial charge in [-0.25, -0.2) is 8.78 Å². The number of alkyl halides is 2. The first-order chi connectivity index (χ1) is 7.60. The van der Waals surface area contributed by atoms with Crippen molar-refractivity contribution in [1.82, 2.24) is 0 Å². The summed E-state index contributed by atoms with van der Waals surface area (Å²) in [5.74, 6) is 0. The summed E-state index contributed by atoms with van der Waals surface area (Å²) in [6.45, 7) is 0.0881. The quantitative estimate of drug-likeness (QED) is 0.810. The predicted molar refractivity (Wildman–Crippen MR) is 65.4 cm³/mol. The highest BCUT2D eigenvalue weighted by molar-refractivity contribution is 7.98. The molecule has 0 aliphatic rings. The lowest BCUT2D eigenvalue weighted by Gasteiger charge is -2.23. The second kappa shape index (κ2) is 6.06. The summed E-state index contributed by atoms with van der Waals surface area (Å²) >= 11 is 1.58. The Hall–Kier alpha value is -0.810. The third-order valence-corrected chi connectivity index (χ3v) is 3.18. The molecule has 0 amide bonds. The number of rotatable bonds is 5. The summed E-state index contributed by atoms with van der Waals surface area (Å²) in [5, 5.41) is 0. The first kappa shape index (κ1) is 13.3. The largest absolute Gasteiger partial charge is 0.369 e. The van der Waals surface area contributed by atoms with Crippen LogP contribution in [0.5, 0.6) is 0 Å². The molecule has 2 N–H and O–H groups in total. The van der Waals surface area contributed by atoms with Crippen LogP contribution in [-0.2, 0) is 6.54 Å². The molecule has 2 nitrogen and oxygen atoms in total. The molecule has 0 saturated carbocycles. The number of anilines is 1. The van der Waals surface area contributed by atoms with E-state index in [4.69, 9.17) is 5.73 Å². The molecule has 1 rings (SSSR count). The van der Waals surface area contributed by atoms with Crippen LogP contribution in [0.15, 0.2) is 23.1 Å². The minimum Gasteiger partial charge on any atom is -0.369 e. The SMILES string of the molecule is CSc1cccc(N(C)CC(F)F)c1CN. The fourth-order valence-corrected chi connectivity index (χ4v) is 2.26. The van der Waals surface area contributed by atoms with Gasteiger partial charge in [0, 0.05) is 29.7 Å². The Kier molecular flexibility index (Phi) is 5.02. The molecule has 0 saturated heterocycles. The lowest BCUT2D eigenvalue weighted by Crippen LogP contribution is -2.25. The molecule has 0 spiro atoms. The van der Waals surface area contributed by atoms with E-state index in [1.807, 2.05) is 24.5 Å². The molecule has 0 bridgehead atoms. The molecule has 16 heavy (non-hydrogen) atoms. The summed E-state index contributed by atoms with van der Waals surface area (Å²) in [7, 11) is 1.66. The topological polar surface area (TPSA) is 29.3 Å². The van der Waals surface area contributed by atoms with E-state index < -0.39 is 6.43 Å². The van der Waals surface area contributed by atoms with Gasteiger partial charge in [-0.15, -0.1) is 11.8 Å². The fourth-order valence-electron chi connectivity index (χ4n) is 1.61. The Morgan fingerprint density at radius 3 is 2.62 bits per heavy atom. The van der Waals surface area contributed by atoms with E-state index in [0.29, 0.717) is 6.54 Å². The lowest BCUT2D eigenvalue weighted by atomic mass is 10.1. The van der Waals surface area contributed by atoms with Gasteiger partial charge < -0.3 is 10.6 Å². The number of benzene rings is 1. The smallest absolute Gasteiger partial charge is 0.255 e. The van der Waals surface area contributed by atoms with Crippen molar-refractivity contribution in [3.63, 3.8) is 0 Å². The van der Waals surface area contributed by atoms with Gasteiger partial charge in [-0.05, 0) is 18.4 Å². The predicted octanol–water partition coefficient (Wildman–Crippen LogP) is 2.57. The molecule has 0 unspecified atom stereocenters. The molecular formula is C11H16F2N2S. The molecule has 0 radical (unpaired) electrons. The van der Waals surface area contributed by atoms with Crippen LogP contribution in [0.4, 0.5) is 14.5 Å². The van der Waals surface area contributed by atoms with Gasteiger partial charge in [-0.2, -0.15) is 0 Å². The first-order valence-electron chi connectivity index (χ1n) is 4.95. The Bertz CT molecular complexity index is 345. The summed E-state index contributed by atoms with van der Waals surface area (Å²) < 4.78 is 24.6. The highest BCUT2D eigenvalue weighted by atomic mass is 32.2. The van der Waals surface area contributed by atoms with Gasteiger partial charge in [0.15, 0.2) is 0 Å². The van der Waals surface area contributed by atoms with E-state index in [9.17, 15) is 8.78 Å². The maximum absolute atomic E-state index is 12.3. The minimum atomic E-state index is -2.34. The third kappa shape index (κ3) is 3.09. The molecule has 5 heteroatoms. The van der Waals surface area contributed by atoms with E-state index >= 15 is 0 Å². The summed E-state index contributed by atoms with van der Waals surface area (Å²) in [4.78, 5) is 2.59. The molecule has 1 aromatic rings. The molecule has 0 aromatic heterocycles. The van der Waals surface area contributed by atoms with Gasteiger partial charge in [0.25, 0.3) is 6.43 Å². The van der Waals surface area contributed by atoms with E-state index in [1.165, 1.54) is 0 Å². The zero-order valence-electron chi connectivity index (χ0n) is 9.41. The molecular weight excluding hydrogens is 230 g/mol. The van der Waals surface area contributed by atoms with Crippen LogP contribution >= 0.6 is 11.8 Å². The standard InChI is InChI=1S/C11H16F2N2S/c1-15(7-11(12)13)9-4-3-5-10(16-2)8(9)6-14/h3-5,11H,6-7,14H2,1-2H3. The normalized spacial score (nSPS) is 10.9. The molecule has 0 fully saturated rings. The summed E-state index contributed by atoms with van der Waals surface area (Å²) in [6.07, 6.45) is -0.390. The van der Waals surface area contributed by atoms with Crippen molar-refractivity contribution in [3.05, 3.63) is 23.8 Å². The zero-order chi connectivity index (χ0) is 12.1. The van der Waals surface area contributed by atoms with Gasteiger partial charge in [0.1, 0.15) is 0 Å². The van der Waals surface area contributed by atoms with E-state index in [1.54, 1.807) is 23.7 Å². The average Bonchev–Trinajstić information content (AvgIpc) is 2.26. The van der Waals surface area contributed by atoms with Crippen LogP contribution in [0.25, 0.3) is 0 Å². The Balaban J connectivity index is 3.02. The number of nitrogens with zero attached hydrogens (tertiary/aromatic N) is 1. The van der Waals surface area contributed by atoms with Crippen molar-refractivity contribution >= 4 is 17.4 Å². The number of halogens is 2. The second-order valence-electron chi connectivity index (χ2n) is 3.43. The highest BCUT2D eigenvalue weighted by Crippen LogP contribution is 2.28. The van der Waals surface area contributed by atoms with Crippen LogP contribution in [-0.4, -0.2) is 26.3 Å². The van der Waals surface area contributed by atoms with E-state index in [-0.39, 0.29) is 6.54 Å². The Morgan fingerprint density at radius 1 is 1.44 bits per heavy atom. The average molecular weight is 246 g/mol. The molecule has 1 aromatic carbocycles. The fraction of sp³-hybridized carbons (Fsp3) is 0.455. The van der Waals surface area contributed by atoms with Crippen molar-refractivity contribution in [3.8, 4) is 0 Å². The van der Waals surface area contributed by atoms with Crippen molar-refractivity contribution in [2.75, 3.05) is 24.7 Å². The van der Waals surface area contributed by atoms with Crippen molar-refractivity contribution in [1.29, 1.82) is 0 Å². The maximum Gasteiger partial charge on any atom is 0.255 e. The van der Waals surface area contributed by atoms with Gasteiger partial charge in [-0.1, -0.05) is 6.07 Å². The maximum atomic E-state index is 12.3. The Morgan fingerprint density at radius 2 is 2.12 bits per heavy atom. The van der Waals surface area contributed by atoms with Crippen molar-refractivity contribution in [2.45, 2.75) is 17.9 Å². The monoisotopic (exact) mass is 246 g/mol. The van der Waals surface area contributed by atoms with Gasteiger partial charge >= 0.3 is 0 Å². The molecule has 0 atom stereocenters. The Labute approximate surface area is 98.8 Å². The van der Waals surface area contributed by atoms with Crippen LogP contribution < -0.4 is 10.6 Å². The van der Waals surface area contributed by atoms with Crippen LogP contribution in [0.1, 0.15) is 5.56 Å². The lowest BCUT2D eigenvalue weighted by molar-refractivity contribution is 0.156. The number of hydrogen-bond donors (Lipinski definition) is 1. The number of nitrogens with two attached hydrogens (primary N) is 1. The molecule has 0 aliphatic carbocycles. The highest BCUT2D eigenvalue weighted by Gasteiger charge is 2.13. The van der Waals surface area contributed by atoms with Gasteiger partial charge in [0.2, 0.25) is 0 Å². The first-order valence-corrected chi connectivity index (χ1v) is 6.17. The van der Waals surface area contributed by atoms with Crippen LogP contribution in [0, 0.1) is 0 Å². The van der Waals surface area contributed by atoms with Crippen molar-refractivity contribution < 1.29 is 8.78 Å². The molecule has 0 heterocycles. The minimum absolute atomic E-state index is 0.273. The van der Waals surface area contributed by atoms with Crippen LogP contribution in [0.2, 0.25) is 0 Å². The molecule has 90 valence electrons. The van der Waals surface area contributed by atoms with Crippen LogP contribution in [0.3, 0.4) is 0 Å². The number of thioether (sulfide) groups is 1. The molecule has 0 aliphatic heterocycles. The van der Waals surface area contributed by atoms with Crippen molar-refractivity contribution in [2.24, 2.45) is 5.73 Å². The van der Waals surface area contributed by atoms with Gasteiger partial charge in [-0.3, -0.25) is 0 Å². The third-order valence-electron chi connectivity index (χ3n) is 2.36. The second-order valence-corrected chi connectivity index (χ2v) is 4.28. The van der Waals surface area contributed by atoms with Gasteiger partial charge in [0.05, 0.1) is 6.54 Å². The summed E-state index contributed by atoms with van der Waals surface area (Å²) in [6, 6.07) is 5.64. The zero-order valence-corrected chi connectivity index (χ0v) is 10.2.